The predicted octanol–water partition coefficient (Wildman–Crippen LogP) is 2.97. The van der Waals surface area contributed by atoms with Gasteiger partial charge in [0.15, 0.2) is 14.6 Å². The van der Waals surface area contributed by atoms with Crippen molar-refractivity contribution in [2.24, 2.45) is 0 Å². The van der Waals surface area contributed by atoms with Crippen LogP contribution in [0.2, 0.25) is 5.02 Å². The first-order valence-electron chi connectivity index (χ1n) is 5.37. The number of rotatable bonds is 1. The largest absolute Gasteiger partial charge is 0.330 e. The summed E-state index contributed by atoms with van der Waals surface area (Å²) in [5, 5.41) is 1.14. The van der Waals surface area contributed by atoms with E-state index in [9.17, 15) is 12.8 Å². The average molecular weight is 319 g/mol. The van der Waals surface area contributed by atoms with Crippen LogP contribution in [0.4, 0.5) is 4.39 Å². The van der Waals surface area contributed by atoms with Gasteiger partial charge in [0.2, 0.25) is 0 Å². The van der Waals surface area contributed by atoms with Crippen LogP contribution in [0, 0.1) is 10.6 Å². The Balaban J connectivity index is 2.25. The zero-order valence-corrected chi connectivity index (χ0v) is 11.8. The van der Waals surface area contributed by atoms with Gasteiger partial charge in [0.1, 0.15) is 5.82 Å². The normalized spacial score (nSPS) is 21.3. The maximum atomic E-state index is 13.4. The van der Waals surface area contributed by atoms with Crippen molar-refractivity contribution in [1.82, 2.24) is 9.55 Å². The van der Waals surface area contributed by atoms with Gasteiger partial charge in [0, 0.05) is 11.5 Å². The molecule has 0 spiro atoms. The van der Waals surface area contributed by atoms with Gasteiger partial charge >= 0.3 is 0 Å². The number of nitrogens with one attached hydrogen (secondary N) is 1. The summed E-state index contributed by atoms with van der Waals surface area (Å²) in [5.41, 5.74) is 1.08. The van der Waals surface area contributed by atoms with Crippen molar-refractivity contribution >= 4 is 44.7 Å². The molecule has 0 aliphatic carbocycles. The Morgan fingerprint density at radius 3 is 2.84 bits per heavy atom. The highest BCUT2D eigenvalue weighted by atomic mass is 35.5. The molecule has 8 heteroatoms. The highest BCUT2D eigenvalue weighted by Crippen LogP contribution is 2.28. The highest BCUT2D eigenvalue weighted by Gasteiger charge is 2.25. The SMILES string of the molecule is O=S1(=O)C=CC(n2c(=S)[nH]c3cc(F)c(Cl)cc32)C1. The Hall–Kier alpha value is -1.18. The molecule has 1 atom stereocenters. The number of hydrogen-bond acceptors (Lipinski definition) is 3. The van der Waals surface area contributed by atoms with E-state index in [1.807, 2.05) is 0 Å². The quantitative estimate of drug-likeness (QED) is 0.822. The fourth-order valence-electron chi connectivity index (χ4n) is 2.17. The van der Waals surface area contributed by atoms with Crippen molar-refractivity contribution in [3.63, 3.8) is 0 Å². The second-order valence-electron chi connectivity index (χ2n) is 4.31. The van der Waals surface area contributed by atoms with E-state index in [1.165, 1.54) is 17.5 Å². The van der Waals surface area contributed by atoms with Crippen molar-refractivity contribution in [2.45, 2.75) is 6.04 Å². The molecule has 1 unspecified atom stereocenters. The lowest BCUT2D eigenvalue weighted by Gasteiger charge is -2.10. The zero-order chi connectivity index (χ0) is 13.8. The molecular weight excluding hydrogens is 311 g/mol. The summed E-state index contributed by atoms with van der Waals surface area (Å²) in [6.45, 7) is 0. The lowest BCUT2D eigenvalue weighted by atomic mass is 10.2. The molecule has 0 bridgehead atoms. The van der Waals surface area contributed by atoms with Crippen LogP contribution in [0.3, 0.4) is 0 Å². The molecular formula is C11H8ClFN2O2S2. The van der Waals surface area contributed by atoms with Crippen molar-refractivity contribution in [3.05, 3.63) is 39.2 Å². The lowest BCUT2D eigenvalue weighted by Crippen LogP contribution is -2.11. The molecule has 3 rings (SSSR count). The van der Waals surface area contributed by atoms with Gasteiger partial charge < -0.3 is 9.55 Å². The second-order valence-corrected chi connectivity index (χ2v) is 7.03. The van der Waals surface area contributed by atoms with Crippen molar-refractivity contribution in [3.8, 4) is 0 Å². The first-order chi connectivity index (χ1) is 8.87. The van der Waals surface area contributed by atoms with Gasteiger partial charge in [-0.2, -0.15) is 0 Å². The number of allylic oxidation sites excluding steroid dienone is 1. The summed E-state index contributed by atoms with van der Waals surface area (Å²) in [4.78, 5) is 2.85. The molecule has 0 fully saturated rings. The molecule has 1 N–H and O–H groups in total. The van der Waals surface area contributed by atoms with Crippen LogP contribution in [0.25, 0.3) is 11.0 Å². The first-order valence-corrected chi connectivity index (χ1v) is 7.88. The number of aromatic nitrogens is 2. The zero-order valence-electron chi connectivity index (χ0n) is 9.43. The molecule has 100 valence electrons. The maximum Gasteiger partial charge on any atom is 0.178 e. The van der Waals surface area contributed by atoms with E-state index in [0.717, 1.165) is 0 Å². The Morgan fingerprint density at radius 2 is 2.21 bits per heavy atom. The summed E-state index contributed by atoms with van der Waals surface area (Å²) in [6, 6.07) is 2.29. The monoisotopic (exact) mass is 318 g/mol. The Kier molecular flexibility index (Phi) is 2.81. The second kappa shape index (κ2) is 4.16. The number of benzene rings is 1. The molecule has 2 aromatic rings. The van der Waals surface area contributed by atoms with Gasteiger partial charge in [-0.3, -0.25) is 0 Å². The fourth-order valence-corrected chi connectivity index (χ4v) is 3.94. The number of hydrogen-bond donors (Lipinski definition) is 1. The smallest absolute Gasteiger partial charge is 0.178 e. The topological polar surface area (TPSA) is 54.9 Å². The van der Waals surface area contributed by atoms with Gasteiger partial charge in [0.05, 0.1) is 27.9 Å². The van der Waals surface area contributed by atoms with Crippen molar-refractivity contribution in [2.75, 3.05) is 5.75 Å². The Labute approximate surface area is 118 Å². The molecule has 1 aromatic carbocycles. The van der Waals surface area contributed by atoms with E-state index >= 15 is 0 Å². The van der Waals surface area contributed by atoms with E-state index in [1.54, 1.807) is 10.6 Å². The third kappa shape index (κ3) is 2.11. The van der Waals surface area contributed by atoms with Crippen LogP contribution < -0.4 is 0 Å². The average Bonchev–Trinajstić information content (AvgIpc) is 2.79. The number of nitrogens with zero attached hydrogens (tertiary/aromatic N) is 1. The number of sulfone groups is 1. The molecule has 0 saturated carbocycles. The fraction of sp³-hybridized carbons (Fsp3) is 0.182. The molecule has 0 amide bonds. The molecule has 0 radical (unpaired) electrons. The van der Waals surface area contributed by atoms with Crippen LogP contribution in [-0.2, 0) is 9.84 Å². The van der Waals surface area contributed by atoms with Crippen LogP contribution in [0.1, 0.15) is 6.04 Å². The van der Waals surface area contributed by atoms with Gasteiger partial charge in [0.25, 0.3) is 0 Å². The molecule has 1 aliphatic rings. The van der Waals surface area contributed by atoms with Gasteiger partial charge in [-0.05, 0) is 24.4 Å². The minimum Gasteiger partial charge on any atom is -0.330 e. The Morgan fingerprint density at radius 1 is 1.47 bits per heavy atom. The molecule has 4 nitrogen and oxygen atoms in total. The molecule has 1 aliphatic heterocycles. The highest BCUT2D eigenvalue weighted by molar-refractivity contribution is 7.94. The number of fused-ring (bicyclic) bond motifs is 1. The van der Waals surface area contributed by atoms with Crippen molar-refractivity contribution < 1.29 is 12.8 Å². The molecule has 19 heavy (non-hydrogen) atoms. The minimum atomic E-state index is -3.19. The first kappa shape index (κ1) is 12.8. The predicted molar refractivity (Wildman–Crippen MR) is 74.1 cm³/mol. The number of H-pyrrole nitrogens is 1. The number of aromatic amines is 1. The lowest BCUT2D eigenvalue weighted by molar-refractivity contribution is 0.594. The summed E-state index contributed by atoms with van der Waals surface area (Å²) in [7, 11) is -3.19. The number of halogens is 2. The molecule has 0 saturated heterocycles. The summed E-state index contributed by atoms with van der Waals surface area (Å²) in [6.07, 6.45) is 1.57. The van der Waals surface area contributed by atoms with E-state index in [4.69, 9.17) is 23.8 Å². The third-order valence-electron chi connectivity index (χ3n) is 3.00. The van der Waals surface area contributed by atoms with Crippen LogP contribution in [0.5, 0.6) is 0 Å². The van der Waals surface area contributed by atoms with Crippen LogP contribution in [-0.4, -0.2) is 23.7 Å². The standard InChI is InChI=1S/C11H8ClFN2O2S2/c12-7-3-10-9(4-8(7)13)14-11(18)15(10)6-1-2-19(16,17)5-6/h1-4,6H,5H2,(H,14,18). The summed E-state index contributed by atoms with van der Waals surface area (Å²) < 4.78 is 38.3. The van der Waals surface area contributed by atoms with E-state index in [-0.39, 0.29) is 10.8 Å². The van der Waals surface area contributed by atoms with Gasteiger partial charge in [-0.1, -0.05) is 11.6 Å². The number of imidazole rings is 1. The minimum absolute atomic E-state index is 0.0277. The third-order valence-corrected chi connectivity index (χ3v) is 4.97. The van der Waals surface area contributed by atoms with Crippen molar-refractivity contribution in [1.29, 1.82) is 0 Å². The summed E-state index contributed by atoms with van der Waals surface area (Å²) >= 11 is 10.9. The maximum absolute atomic E-state index is 13.4. The van der Waals surface area contributed by atoms with Crippen LogP contribution >= 0.6 is 23.8 Å². The van der Waals surface area contributed by atoms with E-state index in [0.29, 0.717) is 15.8 Å². The van der Waals surface area contributed by atoms with Gasteiger partial charge in [-0.25, -0.2) is 12.8 Å². The molecule has 1 aromatic heterocycles. The van der Waals surface area contributed by atoms with Crippen LogP contribution in [0.15, 0.2) is 23.6 Å². The van der Waals surface area contributed by atoms with Gasteiger partial charge in [-0.15, -0.1) is 0 Å². The van der Waals surface area contributed by atoms with E-state index in [2.05, 4.69) is 4.98 Å². The molecule has 2 heterocycles. The van der Waals surface area contributed by atoms with E-state index < -0.39 is 21.7 Å². The Bertz CT molecular complexity index is 867. The summed E-state index contributed by atoms with van der Waals surface area (Å²) in [5.74, 6) is -0.601.